The van der Waals surface area contributed by atoms with E-state index in [1.54, 1.807) is 0 Å². The van der Waals surface area contributed by atoms with Gasteiger partial charge in [-0.05, 0) is 38.5 Å². The molecule has 0 heterocycles. The molecule has 98 valence electrons. The van der Waals surface area contributed by atoms with E-state index in [0.29, 0.717) is 29.8 Å². The van der Waals surface area contributed by atoms with Gasteiger partial charge in [0.05, 0.1) is 10.4 Å². The van der Waals surface area contributed by atoms with Crippen LogP contribution in [0, 0.1) is 11.3 Å². The van der Waals surface area contributed by atoms with Crippen LogP contribution in [0.25, 0.3) is 0 Å². The van der Waals surface area contributed by atoms with Gasteiger partial charge in [-0.3, -0.25) is 4.79 Å². The quantitative estimate of drug-likeness (QED) is 0.742. The first-order chi connectivity index (χ1) is 7.90. The molecule has 1 unspecified atom stereocenters. The Morgan fingerprint density at radius 3 is 2.24 bits per heavy atom. The molecule has 0 aromatic carbocycles. The molecule has 1 aliphatic carbocycles. The topological polar surface area (TPSA) is 46.3 Å². The van der Waals surface area contributed by atoms with Gasteiger partial charge in [0.2, 0.25) is 5.91 Å². The Bertz CT molecular complexity index is 309. The lowest BCUT2D eigenvalue weighted by molar-refractivity contribution is -0.139. The van der Waals surface area contributed by atoms with Crippen LogP contribution in [-0.2, 0) is 4.79 Å². The largest absolute Gasteiger partial charge is 0.392 e. The Hall–Kier alpha value is -0.640. The zero-order chi connectivity index (χ0) is 13.2. The summed E-state index contributed by atoms with van der Waals surface area (Å²) in [6, 6.07) is 0.300. The van der Waals surface area contributed by atoms with Crippen molar-refractivity contribution < 1.29 is 4.79 Å². The van der Waals surface area contributed by atoms with Crippen molar-refractivity contribution in [1.82, 2.24) is 4.90 Å². The van der Waals surface area contributed by atoms with E-state index < -0.39 is 5.41 Å². The molecule has 2 N–H and O–H groups in total. The van der Waals surface area contributed by atoms with Crippen molar-refractivity contribution in [3.63, 3.8) is 0 Å². The second-order valence-corrected chi connectivity index (χ2v) is 5.59. The maximum Gasteiger partial charge on any atom is 0.235 e. The minimum atomic E-state index is -0.646. The van der Waals surface area contributed by atoms with Crippen molar-refractivity contribution in [1.29, 1.82) is 0 Å². The van der Waals surface area contributed by atoms with Gasteiger partial charge in [0, 0.05) is 13.1 Å². The summed E-state index contributed by atoms with van der Waals surface area (Å²) in [5.41, 5.74) is 5.16. The second kappa shape index (κ2) is 5.34. The van der Waals surface area contributed by atoms with Gasteiger partial charge in [-0.1, -0.05) is 26.1 Å². The number of hydrogen-bond donors (Lipinski definition) is 1. The zero-order valence-electron chi connectivity index (χ0n) is 11.3. The molecule has 0 aromatic rings. The number of nitrogens with two attached hydrogens (primary N) is 1. The molecule has 0 radical (unpaired) electrons. The van der Waals surface area contributed by atoms with E-state index in [4.69, 9.17) is 18.0 Å². The van der Waals surface area contributed by atoms with Crippen LogP contribution in [0.15, 0.2) is 0 Å². The Morgan fingerprint density at radius 1 is 1.47 bits per heavy atom. The van der Waals surface area contributed by atoms with Crippen LogP contribution in [0.5, 0.6) is 0 Å². The van der Waals surface area contributed by atoms with E-state index in [1.807, 2.05) is 25.8 Å². The number of thiocarbonyl (C=S) groups is 1. The Labute approximate surface area is 110 Å². The van der Waals surface area contributed by atoms with E-state index in [2.05, 4.69) is 6.92 Å². The van der Waals surface area contributed by atoms with Gasteiger partial charge in [-0.2, -0.15) is 0 Å². The third kappa shape index (κ3) is 2.62. The average Bonchev–Trinajstić information content (AvgIpc) is 3.12. The highest BCUT2D eigenvalue weighted by molar-refractivity contribution is 7.80. The number of carbonyl (C=O) groups excluding carboxylic acids is 1. The first-order valence-corrected chi connectivity index (χ1v) is 6.88. The molecule has 0 aliphatic heterocycles. The first-order valence-electron chi connectivity index (χ1n) is 6.47. The Kier molecular flexibility index (Phi) is 4.53. The summed E-state index contributed by atoms with van der Waals surface area (Å²) >= 11 is 5.12. The number of amides is 1. The van der Waals surface area contributed by atoms with Crippen molar-refractivity contribution in [3.8, 4) is 0 Å². The fraction of sp³-hybridized carbons (Fsp3) is 0.846. The van der Waals surface area contributed by atoms with E-state index in [1.165, 1.54) is 12.8 Å². The number of rotatable bonds is 6. The molecule has 1 amide bonds. The van der Waals surface area contributed by atoms with Gasteiger partial charge >= 0.3 is 0 Å². The molecule has 17 heavy (non-hydrogen) atoms. The fourth-order valence-corrected chi connectivity index (χ4v) is 2.80. The maximum atomic E-state index is 12.6. The summed E-state index contributed by atoms with van der Waals surface area (Å²) in [4.78, 5) is 14.8. The van der Waals surface area contributed by atoms with Gasteiger partial charge in [-0.25, -0.2) is 0 Å². The molecule has 1 saturated carbocycles. The predicted octanol–water partition coefficient (Wildman–Crippen LogP) is 2.34. The predicted molar refractivity (Wildman–Crippen MR) is 74.8 cm³/mol. The van der Waals surface area contributed by atoms with E-state index in [-0.39, 0.29) is 5.91 Å². The standard InChI is InChI=1S/C13H24N2OS/c1-5-13(6-2,11(14)17)12(16)15(4)9(3)10-7-8-10/h9-10H,5-8H2,1-4H3,(H2,14,17). The molecule has 3 nitrogen and oxygen atoms in total. The molecular formula is C13H24N2OS. The summed E-state index contributed by atoms with van der Waals surface area (Å²) in [7, 11) is 1.88. The van der Waals surface area contributed by atoms with Gasteiger partial charge in [-0.15, -0.1) is 0 Å². The maximum absolute atomic E-state index is 12.6. The summed E-state index contributed by atoms with van der Waals surface area (Å²) in [6.45, 7) is 6.08. The van der Waals surface area contributed by atoms with Crippen molar-refractivity contribution in [2.75, 3.05) is 7.05 Å². The molecule has 0 aromatic heterocycles. The van der Waals surface area contributed by atoms with Crippen molar-refractivity contribution in [3.05, 3.63) is 0 Å². The highest BCUT2D eigenvalue weighted by atomic mass is 32.1. The van der Waals surface area contributed by atoms with Gasteiger partial charge in [0.15, 0.2) is 0 Å². The highest BCUT2D eigenvalue weighted by Gasteiger charge is 2.43. The lowest BCUT2D eigenvalue weighted by Crippen LogP contribution is -2.51. The van der Waals surface area contributed by atoms with E-state index >= 15 is 0 Å². The number of hydrogen-bond acceptors (Lipinski definition) is 2. The van der Waals surface area contributed by atoms with Crippen molar-refractivity contribution in [2.24, 2.45) is 17.1 Å². The minimum absolute atomic E-state index is 0.0920. The summed E-state index contributed by atoms with van der Waals surface area (Å²) in [5.74, 6) is 0.760. The van der Waals surface area contributed by atoms with Gasteiger partial charge < -0.3 is 10.6 Å². The van der Waals surface area contributed by atoms with E-state index in [0.717, 1.165) is 0 Å². The third-order valence-electron chi connectivity index (χ3n) is 4.32. The lowest BCUT2D eigenvalue weighted by atomic mass is 9.80. The molecule has 0 bridgehead atoms. The molecule has 0 spiro atoms. The summed E-state index contributed by atoms with van der Waals surface area (Å²) in [6.07, 6.45) is 3.83. The normalized spacial score (nSPS) is 17.6. The van der Waals surface area contributed by atoms with Gasteiger partial charge in [0.25, 0.3) is 0 Å². The minimum Gasteiger partial charge on any atom is -0.392 e. The van der Waals surface area contributed by atoms with Crippen LogP contribution >= 0.6 is 12.2 Å². The van der Waals surface area contributed by atoms with Crippen LogP contribution in [0.1, 0.15) is 46.5 Å². The molecule has 1 fully saturated rings. The van der Waals surface area contributed by atoms with Crippen LogP contribution in [0.3, 0.4) is 0 Å². The molecule has 1 aliphatic rings. The fourth-order valence-electron chi connectivity index (χ4n) is 2.42. The van der Waals surface area contributed by atoms with Crippen LogP contribution in [0.4, 0.5) is 0 Å². The number of nitrogens with zero attached hydrogens (tertiary/aromatic N) is 1. The van der Waals surface area contributed by atoms with Crippen molar-refractivity contribution in [2.45, 2.75) is 52.5 Å². The Balaban J connectivity index is 2.86. The molecule has 1 rings (SSSR count). The third-order valence-corrected chi connectivity index (χ3v) is 4.71. The monoisotopic (exact) mass is 256 g/mol. The van der Waals surface area contributed by atoms with Gasteiger partial charge in [0.1, 0.15) is 0 Å². The van der Waals surface area contributed by atoms with Crippen molar-refractivity contribution >= 4 is 23.1 Å². The zero-order valence-corrected chi connectivity index (χ0v) is 12.1. The van der Waals surface area contributed by atoms with Crippen LogP contribution in [0.2, 0.25) is 0 Å². The van der Waals surface area contributed by atoms with Crippen LogP contribution in [-0.4, -0.2) is 28.9 Å². The molecule has 4 heteroatoms. The lowest BCUT2D eigenvalue weighted by Gasteiger charge is -2.36. The summed E-state index contributed by atoms with van der Waals surface area (Å²) < 4.78 is 0. The Morgan fingerprint density at radius 2 is 1.94 bits per heavy atom. The van der Waals surface area contributed by atoms with E-state index in [9.17, 15) is 4.79 Å². The SMILES string of the molecule is CCC(CC)(C(=O)N(C)C(C)C1CC1)C(N)=S. The molecule has 0 saturated heterocycles. The molecular weight excluding hydrogens is 232 g/mol. The average molecular weight is 256 g/mol. The second-order valence-electron chi connectivity index (χ2n) is 5.15. The smallest absolute Gasteiger partial charge is 0.235 e. The number of carbonyl (C=O) groups is 1. The van der Waals surface area contributed by atoms with Crippen LogP contribution < -0.4 is 5.73 Å². The molecule has 1 atom stereocenters. The highest BCUT2D eigenvalue weighted by Crippen LogP contribution is 2.37. The summed E-state index contributed by atoms with van der Waals surface area (Å²) in [5, 5.41) is 0. The first kappa shape index (κ1) is 14.4.